The van der Waals surface area contributed by atoms with Gasteiger partial charge in [-0.3, -0.25) is 10.1 Å². The lowest BCUT2D eigenvalue weighted by Gasteiger charge is -2.30. The lowest BCUT2D eigenvalue weighted by molar-refractivity contribution is -0.383. The summed E-state index contributed by atoms with van der Waals surface area (Å²) >= 11 is 0. The van der Waals surface area contributed by atoms with E-state index in [0.717, 1.165) is 49.9 Å². The van der Waals surface area contributed by atoms with Crippen LogP contribution in [0.5, 0.6) is 0 Å². The van der Waals surface area contributed by atoms with Crippen LogP contribution < -0.4 is 4.90 Å². The van der Waals surface area contributed by atoms with Crippen molar-refractivity contribution in [1.29, 1.82) is 0 Å². The molecule has 0 N–H and O–H groups in total. The van der Waals surface area contributed by atoms with Gasteiger partial charge in [-0.15, -0.1) is 0 Å². The van der Waals surface area contributed by atoms with E-state index in [1.54, 1.807) is 0 Å². The third kappa shape index (κ3) is 4.01. The second-order valence-corrected chi connectivity index (χ2v) is 13.0. The van der Waals surface area contributed by atoms with Crippen molar-refractivity contribution in [2.24, 2.45) is 0 Å². The van der Waals surface area contributed by atoms with E-state index in [-0.39, 0.29) is 10.6 Å². The molecule has 4 nitrogen and oxygen atoms in total. The molecule has 9 rings (SSSR count). The maximum Gasteiger partial charge on any atom is 0.277 e. The lowest BCUT2D eigenvalue weighted by atomic mass is 9.81. The number of hydrogen-bond acceptors (Lipinski definition) is 3. The molecule has 0 aliphatic heterocycles. The van der Waals surface area contributed by atoms with Crippen LogP contribution in [0.25, 0.3) is 54.2 Å². The van der Waals surface area contributed by atoms with Crippen LogP contribution in [0.2, 0.25) is 0 Å². The largest absolute Gasteiger partial charge is 0.310 e. The van der Waals surface area contributed by atoms with Crippen LogP contribution in [0.4, 0.5) is 22.7 Å². The van der Waals surface area contributed by atoms with Gasteiger partial charge in [-0.25, -0.2) is 0 Å². The fourth-order valence-corrected chi connectivity index (χ4v) is 7.78. The first-order valence-corrected chi connectivity index (χ1v) is 15.9. The molecule has 0 fully saturated rings. The van der Waals surface area contributed by atoms with E-state index < -0.39 is 5.41 Å². The first-order chi connectivity index (χ1) is 22.9. The van der Waals surface area contributed by atoms with Crippen LogP contribution in [0.15, 0.2) is 146 Å². The average Bonchev–Trinajstić information content (AvgIpc) is 3.34. The second kappa shape index (κ2) is 10.0. The summed E-state index contributed by atoms with van der Waals surface area (Å²) in [5.41, 5.74) is 7.29. The summed E-state index contributed by atoms with van der Waals surface area (Å²) in [5.74, 6) is 0. The molecule has 0 saturated heterocycles. The van der Waals surface area contributed by atoms with Gasteiger partial charge >= 0.3 is 0 Å². The van der Waals surface area contributed by atoms with Gasteiger partial charge in [0.05, 0.1) is 16.0 Å². The summed E-state index contributed by atoms with van der Waals surface area (Å²) in [6.07, 6.45) is 0. The van der Waals surface area contributed by atoms with Crippen molar-refractivity contribution >= 4 is 65.8 Å². The molecule has 1 aliphatic carbocycles. The molecule has 0 aromatic heterocycles. The first kappa shape index (κ1) is 27.3. The monoisotopic (exact) mass is 606 g/mol. The molecule has 224 valence electrons. The molecule has 8 aromatic rings. The van der Waals surface area contributed by atoms with Gasteiger partial charge in [0.25, 0.3) is 5.69 Å². The minimum absolute atomic E-state index is 0.152. The summed E-state index contributed by atoms with van der Waals surface area (Å²) in [6.45, 7) is 4.40. The van der Waals surface area contributed by atoms with E-state index >= 15 is 0 Å². The van der Waals surface area contributed by atoms with Crippen LogP contribution in [-0.2, 0) is 5.41 Å². The van der Waals surface area contributed by atoms with Crippen molar-refractivity contribution in [1.82, 2.24) is 0 Å². The van der Waals surface area contributed by atoms with Gasteiger partial charge in [0, 0.05) is 28.2 Å². The van der Waals surface area contributed by atoms with Crippen LogP contribution in [0.3, 0.4) is 0 Å². The molecule has 0 spiro atoms. The minimum atomic E-state index is -0.476. The van der Waals surface area contributed by atoms with Crippen molar-refractivity contribution < 1.29 is 4.92 Å². The van der Waals surface area contributed by atoms with Crippen LogP contribution >= 0.6 is 0 Å². The van der Waals surface area contributed by atoms with Crippen molar-refractivity contribution in [3.63, 3.8) is 0 Å². The van der Waals surface area contributed by atoms with Gasteiger partial charge in [0.15, 0.2) is 0 Å². The van der Waals surface area contributed by atoms with E-state index in [4.69, 9.17) is 0 Å². The number of fused-ring (bicyclic) bond motifs is 9. The van der Waals surface area contributed by atoms with E-state index in [1.165, 1.54) is 27.1 Å². The van der Waals surface area contributed by atoms with Crippen LogP contribution in [0, 0.1) is 10.1 Å². The van der Waals surface area contributed by atoms with Gasteiger partial charge in [-0.05, 0) is 91.0 Å². The molecule has 0 heterocycles. The third-order valence-electron chi connectivity index (χ3n) is 10.1. The predicted molar refractivity (Wildman–Crippen MR) is 195 cm³/mol. The molecule has 0 radical (unpaired) electrons. The standard InChI is InChI=1S/C43H30N2O2/c1-43(2)37-25-39(33-15-7-9-17-35(33)41(37)42-36-18-10-8-16-34(36)40(45(46)47)26-38(42)43)44(31-21-19-27-11-3-5-13-29(27)23-31)32-22-20-28-12-4-6-14-30(28)24-32/h3-26H,1-2H3. The Morgan fingerprint density at radius 2 is 0.957 bits per heavy atom. The second-order valence-electron chi connectivity index (χ2n) is 13.0. The first-order valence-electron chi connectivity index (χ1n) is 15.9. The number of nitrogens with zero attached hydrogens (tertiary/aromatic N) is 2. The Hall–Kier alpha value is -6.00. The van der Waals surface area contributed by atoms with Gasteiger partial charge < -0.3 is 4.90 Å². The van der Waals surface area contributed by atoms with Crippen LogP contribution in [-0.4, -0.2) is 4.92 Å². The minimum Gasteiger partial charge on any atom is -0.310 e. The Bertz CT molecular complexity index is 2520. The highest BCUT2D eigenvalue weighted by atomic mass is 16.6. The van der Waals surface area contributed by atoms with Gasteiger partial charge in [0.1, 0.15) is 0 Å². The maximum atomic E-state index is 12.4. The van der Waals surface area contributed by atoms with Gasteiger partial charge in [-0.2, -0.15) is 0 Å². The quantitative estimate of drug-likeness (QED) is 0.148. The summed E-state index contributed by atoms with van der Waals surface area (Å²) < 4.78 is 0. The molecule has 4 heteroatoms. The van der Waals surface area contributed by atoms with Gasteiger partial charge in [-0.1, -0.05) is 117 Å². The highest BCUT2D eigenvalue weighted by molar-refractivity contribution is 6.16. The summed E-state index contributed by atoms with van der Waals surface area (Å²) in [6, 6.07) is 50.8. The highest BCUT2D eigenvalue weighted by Gasteiger charge is 2.40. The number of nitro groups is 1. The van der Waals surface area contributed by atoms with E-state index in [0.29, 0.717) is 5.39 Å². The number of non-ortho nitro benzene ring substituents is 1. The van der Waals surface area contributed by atoms with E-state index in [1.807, 2.05) is 30.3 Å². The Balaban J connectivity index is 1.39. The molecular weight excluding hydrogens is 576 g/mol. The Labute approximate surface area is 272 Å². The molecule has 0 unspecified atom stereocenters. The van der Waals surface area contributed by atoms with Crippen molar-refractivity contribution in [3.05, 3.63) is 167 Å². The zero-order chi connectivity index (χ0) is 31.9. The van der Waals surface area contributed by atoms with Crippen molar-refractivity contribution in [3.8, 4) is 11.1 Å². The van der Waals surface area contributed by atoms with Crippen molar-refractivity contribution in [2.75, 3.05) is 4.90 Å². The predicted octanol–water partition coefficient (Wildman–Crippen LogP) is 12.0. The van der Waals surface area contributed by atoms with E-state index in [2.05, 4.69) is 134 Å². The molecule has 0 saturated carbocycles. The van der Waals surface area contributed by atoms with E-state index in [9.17, 15) is 10.1 Å². The fourth-order valence-electron chi connectivity index (χ4n) is 7.78. The summed E-state index contributed by atoms with van der Waals surface area (Å²) in [5, 5.41) is 20.9. The van der Waals surface area contributed by atoms with Crippen molar-refractivity contribution in [2.45, 2.75) is 19.3 Å². The molecule has 8 aromatic carbocycles. The molecule has 0 amide bonds. The average molecular weight is 607 g/mol. The third-order valence-corrected chi connectivity index (χ3v) is 10.1. The molecule has 0 bridgehead atoms. The Kier molecular flexibility index (Phi) is 5.81. The molecular formula is C43H30N2O2. The summed E-state index contributed by atoms with van der Waals surface area (Å²) in [7, 11) is 0. The Morgan fingerprint density at radius 3 is 1.51 bits per heavy atom. The number of rotatable bonds is 4. The fraction of sp³-hybridized carbons (Fsp3) is 0.0698. The number of nitro benzene ring substituents is 1. The zero-order valence-corrected chi connectivity index (χ0v) is 26.1. The number of benzene rings is 8. The van der Waals surface area contributed by atoms with Crippen LogP contribution in [0.1, 0.15) is 25.0 Å². The Morgan fingerprint density at radius 1 is 0.511 bits per heavy atom. The number of anilines is 3. The summed E-state index contributed by atoms with van der Waals surface area (Å²) in [4.78, 5) is 14.5. The maximum absolute atomic E-state index is 12.4. The normalized spacial score (nSPS) is 13.2. The smallest absolute Gasteiger partial charge is 0.277 e. The van der Waals surface area contributed by atoms with Gasteiger partial charge in [0.2, 0.25) is 0 Å². The SMILES string of the molecule is CC1(C)c2cc(N(c3ccc4ccccc4c3)c3ccc4ccccc4c3)c3ccccc3c2-c2c1cc([N+](=O)[O-])c1ccccc21. The highest BCUT2D eigenvalue weighted by Crippen LogP contribution is 2.57. The molecule has 47 heavy (non-hydrogen) atoms. The lowest BCUT2D eigenvalue weighted by Crippen LogP contribution is -2.17. The molecule has 1 aliphatic rings. The number of hydrogen-bond donors (Lipinski definition) is 0. The topological polar surface area (TPSA) is 46.4 Å². The molecule has 0 atom stereocenters. The zero-order valence-electron chi connectivity index (χ0n) is 26.1.